The number of benzene rings is 2. The van der Waals surface area contributed by atoms with E-state index in [4.69, 9.17) is 51.1 Å². The molecule has 0 saturated heterocycles. The predicted molar refractivity (Wildman–Crippen MR) is 122 cm³/mol. The summed E-state index contributed by atoms with van der Waals surface area (Å²) in [6.45, 7) is 5.14. The number of nitrogens with one attached hydrogen (secondary N) is 1. The van der Waals surface area contributed by atoms with Gasteiger partial charge in [-0.15, -0.1) is 0 Å². The predicted octanol–water partition coefficient (Wildman–Crippen LogP) is 5.62. The minimum atomic E-state index is -0.754. The van der Waals surface area contributed by atoms with Crippen molar-refractivity contribution < 1.29 is 14.3 Å². The summed E-state index contributed by atoms with van der Waals surface area (Å²) in [5.74, 6) is -0.371. The van der Waals surface area contributed by atoms with Gasteiger partial charge >= 0.3 is 0 Å². The number of carbonyl (C=O) groups excluding carboxylic acids is 2. The van der Waals surface area contributed by atoms with Crippen LogP contribution in [0.2, 0.25) is 20.1 Å². The molecule has 0 bridgehead atoms. The number of hydrogen-bond acceptors (Lipinski definition) is 3. The van der Waals surface area contributed by atoms with E-state index < -0.39 is 11.9 Å². The summed E-state index contributed by atoms with van der Waals surface area (Å²) in [5, 5.41) is 4.43. The third-order valence-electron chi connectivity index (χ3n) is 4.20. The van der Waals surface area contributed by atoms with Gasteiger partial charge in [0, 0.05) is 27.7 Å². The van der Waals surface area contributed by atoms with E-state index in [0.717, 1.165) is 0 Å². The molecule has 0 spiro atoms. The monoisotopic (exact) mass is 490 g/mol. The lowest BCUT2D eigenvalue weighted by Crippen LogP contribution is -2.50. The third-order valence-corrected chi connectivity index (χ3v) is 5.32. The van der Waals surface area contributed by atoms with Crippen LogP contribution >= 0.6 is 46.4 Å². The SMILES string of the molecule is CC(C)NC(=O)[C@@H](C)N(Cc1ccc(Cl)cc1Cl)C(=O)COc1ccc(Cl)cc1Cl. The van der Waals surface area contributed by atoms with Gasteiger partial charge in [0.05, 0.1) is 5.02 Å². The van der Waals surface area contributed by atoms with E-state index in [1.807, 2.05) is 13.8 Å². The highest BCUT2D eigenvalue weighted by atomic mass is 35.5. The molecule has 5 nitrogen and oxygen atoms in total. The molecule has 0 saturated carbocycles. The largest absolute Gasteiger partial charge is 0.482 e. The highest BCUT2D eigenvalue weighted by Crippen LogP contribution is 2.28. The van der Waals surface area contributed by atoms with Crippen LogP contribution in [-0.2, 0) is 16.1 Å². The lowest BCUT2D eigenvalue weighted by molar-refractivity contribution is -0.142. The fourth-order valence-corrected chi connectivity index (χ4v) is 3.57. The minimum absolute atomic E-state index is 0.0693. The van der Waals surface area contributed by atoms with Crippen LogP contribution in [0.25, 0.3) is 0 Å². The molecule has 0 unspecified atom stereocenters. The van der Waals surface area contributed by atoms with Gasteiger partial charge in [-0.3, -0.25) is 9.59 Å². The summed E-state index contributed by atoms with van der Waals surface area (Å²) >= 11 is 24.2. The highest BCUT2D eigenvalue weighted by molar-refractivity contribution is 6.35. The molecule has 0 aliphatic rings. The Morgan fingerprint density at radius 2 is 1.57 bits per heavy atom. The van der Waals surface area contributed by atoms with E-state index in [-0.39, 0.29) is 30.1 Å². The second-order valence-corrected chi connectivity index (χ2v) is 8.65. The van der Waals surface area contributed by atoms with E-state index in [0.29, 0.717) is 26.4 Å². The van der Waals surface area contributed by atoms with Gasteiger partial charge in [-0.2, -0.15) is 0 Å². The first-order chi connectivity index (χ1) is 14.1. The van der Waals surface area contributed by atoms with Gasteiger partial charge in [-0.1, -0.05) is 52.5 Å². The molecule has 9 heteroatoms. The number of halogens is 4. The van der Waals surface area contributed by atoms with Crippen molar-refractivity contribution >= 4 is 58.2 Å². The van der Waals surface area contributed by atoms with Crippen LogP contribution in [-0.4, -0.2) is 35.4 Å². The van der Waals surface area contributed by atoms with E-state index in [2.05, 4.69) is 5.32 Å². The Labute approximate surface area is 196 Å². The maximum absolute atomic E-state index is 13.0. The Morgan fingerprint density at radius 1 is 0.967 bits per heavy atom. The van der Waals surface area contributed by atoms with Gasteiger partial charge in [-0.05, 0) is 56.7 Å². The number of hydrogen-bond donors (Lipinski definition) is 1. The molecule has 30 heavy (non-hydrogen) atoms. The van der Waals surface area contributed by atoms with Crippen molar-refractivity contribution in [2.45, 2.75) is 39.4 Å². The van der Waals surface area contributed by atoms with Crippen LogP contribution in [0, 0.1) is 0 Å². The fourth-order valence-electron chi connectivity index (χ4n) is 2.64. The molecular formula is C21H22Cl4N2O3. The van der Waals surface area contributed by atoms with Crippen molar-refractivity contribution in [1.29, 1.82) is 0 Å². The van der Waals surface area contributed by atoms with E-state index in [9.17, 15) is 9.59 Å². The molecule has 0 fully saturated rings. The lowest BCUT2D eigenvalue weighted by atomic mass is 10.1. The average molecular weight is 492 g/mol. The van der Waals surface area contributed by atoms with Crippen LogP contribution in [0.4, 0.5) is 0 Å². The number of amides is 2. The summed E-state index contributed by atoms with van der Waals surface area (Å²) in [7, 11) is 0. The van der Waals surface area contributed by atoms with Crippen molar-refractivity contribution in [2.75, 3.05) is 6.61 Å². The van der Waals surface area contributed by atoms with Crippen LogP contribution in [0.15, 0.2) is 36.4 Å². The molecule has 0 aliphatic heterocycles. The van der Waals surface area contributed by atoms with Gasteiger partial charge in [0.1, 0.15) is 11.8 Å². The second-order valence-electron chi connectivity index (χ2n) is 6.96. The molecular weight excluding hydrogens is 470 g/mol. The maximum atomic E-state index is 13.0. The zero-order chi connectivity index (χ0) is 22.4. The van der Waals surface area contributed by atoms with Gasteiger partial charge in [-0.25, -0.2) is 0 Å². The van der Waals surface area contributed by atoms with Crippen molar-refractivity contribution in [3.63, 3.8) is 0 Å². The molecule has 1 atom stereocenters. The smallest absolute Gasteiger partial charge is 0.261 e. The maximum Gasteiger partial charge on any atom is 0.261 e. The summed E-state index contributed by atoms with van der Waals surface area (Å²) in [6, 6.07) is 8.86. The second kappa shape index (κ2) is 11.1. The molecule has 0 aromatic heterocycles. The number of nitrogens with zero attached hydrogens (tertiary/aromatic N) is 1. The molecule has 0 heterocycles. The van der Waals surface area contributed by atoms with Crippen molar-refractivity contribution in [3.05, 3.63) is 62.1 Å². The Balaban J connectivity index is 2.22. The quantitative estimate of drug-likeness (QED) is 0.521. The molecule has 0 aliphatic carbocycles. The molecule has 2 amide bonds. The number of ether oxygens (including phenoxy) is 1. The Morgan fingerprint density at radius 3 is 2.13 bits per heavy atom. The summed E-state index contributed by atoms with van der Waals surface area (Å²) in [6.07, 6.45) is 0. The third kappa shape index (κ3) is 6.95. The molecule has 0 radical (unpaired) electrons. The average Bonchev–Trinajstić information content (AvgIpc) is 2.65. The van der Waals surface area contributed by atoms with Crippen LogP contribution in [0.1, 0.15) is 26.3 Å². The van der Waals surface area contributed by atoms with Gasteiger partial charge in [0.15, 0.2) is 6.61 Å². The zero-order valence-corrected chi connectivity index (χ0v) is 19.7. The van der Waals surface area contributed by atoms with Gasteiger partial charge in [0.2, 0.25) is 5.91 Å². The topological polar surface area (TPSA) is 58.6 Å². The zero-order valence-electron chi connectivity index (χ0n) is 16.7. The molecule has 1 N–H and O–H groups in total. The number of carbonyl (C=O) groups is 2. The molecule has 2 rings (SSSR count). The Hall–Kier alpha value is -1.66. The summed E-state index contributed by atoms with van der Waals surface area (Å²) < 4.78 is 5.57. The fraction of sp³-hybridized carbons (Fsp3) is 0.333. The standard InChI is InChI=1S/C21H22Cl4N2O3/c1-12(2)26-21(29)13(3)27(10-14-4-5-15(22)8-17(14)24)20(28)11-30-19-7-6-16(23)9-18(19)25/h4-9,12-13H,10-11H2,1-3H3,(H,26,29)/t13-/m1/s1. The van der Waals surface area contributed by atoms with E-state index >= 15 is 0 Å². The van der Waals surface area contributed by atoms with Crippen LogP contribution in [0.5, 0.6) is 5.75 Å². The molecule has 162 valence electrons. The van der Waals surface area contributed by atoms with Crippen LogP contribution in [0.3, 0.4) is 0 Å². The van der Waals surface area contributed by atoms with Crippen molar-refractivity contribution in [3.8, 4) is 5.75 Å². The molecule has 2 aromatic rings. The first kappa shape index (κ1) is 24.6. The summed E-state index contributed by atoms with van der Waals surface area (Å²) in [5.41, 5.74) is 0.656. The Kier molecular flexibility index (Phi) is 9.10. The first-order valence-electron chi connectivity index (χ1n) is 9.20. The van der Waals surface area contributed by atoms with Crippen molar-refractivity contribution in [1.82, 2.24) is 10.2 Å². The van der Waals surface area contributed by atoms with Crippen LogP contribution < -0.4 is 10.1 Å². The highest BCUT2D eigenvalue weighted by Gasteiger charge is 2.27. The van der Waals surface area contributed by atoms with Crippen molar-refractivity contribution in [2.24, 2.45) is 0 Å². The van der Waals surface area contributed by atoms with Gasteiger partial charge < -0.3 is 15.0 Å². The Bertz CT molecular complexity index is 921. The van der Waals surface area contributed by atoms with E-state index in [1.54, 1.807) is 37.3 Å². The normalized spacial score (nSPS) is 11.9. The number of rotatable bonds is 8. The van der Waals surface area contributed by atoms with E-state index in [1.165, 1.54) is 11.0 Å². The van der Waals surface area contributed by atoms with Gasteiger partial charge in [0.25, 0.3) is 5.91 Å². The lowest BCUT2D eigenvalue weighted by Gasteiger charge is -2.29. The summed E-state index contributed by atoms with van der Waals surface area (Å²) in [4.78, 5) is 26.9. The first-order valence-corrected chi connectivity index (χ1v) is 10.7. The molecule has 2 aromatic carbocycles. The minimum Gasteiger partial charge on any atom is -0.482 e.